The number of unbranched alkanes of at least 4 members (excludes halogenated alkanes) is 1. The summed E-state index contributed by atoms with van der Waals surface area (Å²) in [4.78, 5) is 10.1. The fourth-order valence-electron chi connectivity index (χ4n) is 0.517. The molecule has 1 saturated heterocycles. The number of rotatable bonds is 4. The van der Waals surface area contributed by atoms with Crippen LogP contribution in [0.4, 0.5) is 0 Å². The van der Waals surface area contributed by atoms with Crippen LogP contribution in [-0.4, -0.2) is 31.2 Å². The first-order chi connectivity index (χ1) is 6.20. The Bertz CT molecular complexity index is 135. The highest BCUT2D eigenvalue weighted by molar-refractivity contribution is 6.18. The second-order valence-corrected chi connectivity index (χ2v) is 3.11. The van der Waals surface area contributed by atoms with Crippen molar-refractivity contribution < 1.29 is 14.3 Å². The van der Waals surface area contributed by atoms with E-state index in [1.165, 1.54) is 6.92 Å². The number of epoxide rings is 1. The Morgan fingerprint density at radius 2 is 2.31 bits per heavy atom. The molecule has 1 aliphatic rings. The van der Waals surface area contributed by atoms with E-state index in [0.717, 1.165) is 19.4 Å². The van der Waals surface area contributed by atoms with Crippen molar-refractivity contribution in [3.05, 3.63) is 0 Å². The third-order valence-electron chi connectivity index (χ3n) is 1.38. The Hall–Kier alpha value is -0.280. The van der Waals surface area contributed by atoms with E-state index < -0.39 is 0 Å². The minimum absolute atomic E-state index is 0.182. The number of carbonyl (C=O) groups is 1. The van der Waals surface area contributed by atoms with Gasteiger partial charge in [-0.15, -0.1) is 11.6 Å². The lowest BCUT2D eigenvalue weighted by molar-refractivity contribution is -0.141. The van der Waals surface area contributed by atoms with Crippen molar-refractivity contribution in [3.8, 4) is 0 Å². The average molecular weight is 209 g/mol. The molecule has 0 saturated carbocycles. The van der Waals surface area contributed by atoms with Crippen LogP contribution in [0.1, 0.15) is 26.7 Å². The summed E-state index contributed by atoms with van der Waals surface area (Å²) in [6, 6.07) is 0. The molecule has 13 heavy (non-hydrogen) atoms. The summed E-state index contributed by atoms with van der Waals surface area (Å²) >= 11 is 5.27. The van der Waals surface area contributed by atoms with Gasteiger partial charge in [0.2, 0.25) is 0 Å². The zero-order valence-corrected chi connectivity index (χ0v) is 8.97. The molecule has 0 aromatic rings. The fourth-order valence-corrected chi connectivity index (χ4v) is 0.696. The highest BCUT2D eigenvalue weighted by atomic mass is 35.5. The van der Waals surface area contributed by atoms with E-state index in [4.69, 9.17) is 16.3 Å². The number of hydrogen-bond donors (Lipinski definition) is 0. The molecule has 0 bridgehead atoms. The molecule has 3 nitrogen and oxygen atoms in total. The number of ether oxygens (including phenoxy) is 2. The van der Waals surface area contributed by atoms with Gasteiger partial charge in [0.15, 0.2) is 0 Å². The molecule has 1 aliphatic heterocycles. The smallest absolute Gasteiger partial charge is 0.302 e. The van der Waals surface area contributed by atoms with Crippen molar-refractivity contribution >= 4 is 17.6 Å². The maximum Gasteiger partial charge on any atom is 0.302 e. The van der Waals surface area contributed by atoms with Crippen molar-refractivity contribution in [1.29, 1.82) is 0 Å². The molecule has 1 atom stereocenters. The number of halogens is 1. The normalized spacial score (nSPS) is 18.5. The fraction of sp³-hybridized carbons (Fsp3) is 0.889. The van der Waals surface area contributed by atoms with Gasteiger partial charge in [0, 0.05) is 6.92 Å². The Morgan fingerprint density at radius 3 is 2.54 bits per heavy atom. The summed E-state index contributed by atoms with van der Waals surface area (Å²) in [7, 11) is 0. The predicted molar refractivity (Wildman–Crippen MR) is 52.0 cm³/mol. The number of esters is 1. The molecule has 4 heteroatoms. The monoisotopic (exact) mass is 208 g/mol. The number of hydrogen-bond acceptors (Lipinski definition) is 3. The van der Waals surface area contributed by atoms with E-state index in [1.54, 1.807) is 0 Å². The van der Waals surface area contributed by atoms with E-state index >= 15 is 0 Å². The van der Waals surface area contributed by atoms with Crippen LogP contribution in [0.2, 0.25) is 0 Å². The van der Waals surface area contributed by atoms with Gasteiger partial charge < -0.3 is 9.47 Å². The van der Waals surface area contributed by atoms with Gasteiger partial charge in [0.05, 0.1) is 25.2 Å². The second-order valence-electron chi connectivity index (χ2n) is 2.80. The molecule has 0 spiro atoms. The van der Waals surface area contributed by atoms with Crippen LogP contribution in [0.25, 0.3) is 0 Å². The molecule has 78 valence electrons. The van der Waals surface area contributed by atoms with Gasteiger partial charge in [-0.2, -0.15) is 0 Å². The Labute approximate surface area is 84.4 Å². The van der Waals surface area contributed by atoms with Gasteiger partial charge in [0.25, 0.3) is 0 Å². The zero-order chi connectivity index (χ0) is 10.1. The van der Waals surface area contributed by atoms with Gasteiger partial charge in [-0.05, 0) is 6.42 Å². The summed E-state index contributed by atoms with van der Waals surface area (Å²) in [5.74, 6) is 0.485. The predicted octanol–water partition coefficient (Wildman–Crippen LogP) is 1.97. The molecule has 0 aromatic carbocycles. The van der Waals surface area contributed by atoms with Crippen LogP contribution in [0.15, 0.2) is 0 Å². The van der Waals surface area contributed by atoms with Crippen LogP contribution in [0, 0.1) is 0 Å². The first-order valence-corrected chi connectivity index (χ1v) is 5.05. The maximum absolute atomic E-state index is 10.1. The van der Waals surface area contributed by atoms with Gasteiger partial charge in [-0.3, -0.25) is 4.79 Å². The lowest BCUT2D eigenvalue weighted by Crippen LogP contribution is -1.99. The van der Waals surface area contributed by atoms with Gasteiger partial charge in [-0.1, -0.05) is 13.3 Å². The molecule has 0 aliphatic carbocycles. The molecule has 1 rings (SSSR count). The molecule has 1 fully saturated rings. The standard InChI is InChI=1S/C6H12O2.C3H5ClO/c1-3-4-5-8-6(2)7;4-1-3-2-5-3/h3-5H2,1-2H3;3H,1-2H2. The first-order valence-electron chi connectivity index (χ1n) is 4.51. The Kier molecular flexibility index (Phi) is 8.14. The van der Waals surface area contributed by atoms with Gasteiger partial charge >= 0.3 is 5.97 Å². The molecule has 0 aromatic heterocycles. The maximum atomic E-state index is 10.1. The first kappa shape index (κ1) is 12.7. The van der Waals surface area contributed by atoms with E-state index in [-0.39, 0.29) is 5.97 Å². The lowest BCUT2D eigenvalue weighted by Gasteiger charge is -1.96. The van der Waals surface area contributed by atoms with Crippen LogP contribution in [-0.2, 0) is 14.3 Å². The Balaban J connectivity index is 0.000000243. The summed E-state index contributed by atoms with van der Waals surface area (Å²) in [6.07, 6.45) is 2.45. The van der Waals surface area contributed by atoms with Crippen molar-refractivity contribution in [2.24, 2.45) is 0 Å². The van der Waals surface area contributed by atoms with Gasteiger partial charge in [-0.25, -0.2) is 0 Å². The summed E-state index contributed by atoms with van der Waals surface area (Å²) in [6.45, 7) is 4.94. The van der Waals surface area contributed by atoms with E-state index in [9.17, 15) is 4.79 Å². The molecule has 0 amide bonds. The topological polar surface area (TPSA) is 38.8 Å². The molecule has 0 N–H and O–H groups in total. The van der Waals surface area contributed by atoms with Crippen LogP contribution in [0.5, 0.6) is 0 Å². The largest absolute Gasteiger partial charge is 0.466 e. The van der Waals surface area contributed by atoms with Crippen LogP contribution in [0.3, 0.4) is 0 Å². The molecular weight excluding hydrogens is 192 g/mol. The summed E-state index contributed by atoms with van der Waals surface area (Å²) < 4.78 is 9.37. The third-order valence-corrected chi connectivity index (χ3v) is 1.72. The highest BCUT2D eigenvalue weighted by Crippen LogP contribution is 2.08. The third kappa shape index (κ3) is 11.7. The van der Waals surface area contributed by atoms with Gasteiger partial charge in [0.1, 0.15) is 0 Å². The lowest BCUT2D eigenvalue weighted by atomic mass is 10.4. The van der Waals surface area contributed by atoms with Crippen molar-refractivity contribution in [2.75, 3.05) is 19.1 Å². The average Bonchev–Trinajstić information content (AvgIpc) is 2.88. The number of carbonyl (C=O) groups excluding carboxylic acids is 1. The van der Waals surface area contributed by atoms with Crippen molar-refractivity contribution in [3.63, 3.8) is 0 Å². The van der Waals surface area contributed by atoms with Crippen molar-refractivity contribution in [1.82, 2.24) is 0 Å². The zero-order valence-electron chi connectivity index (χ0n) is 8.22. The molecular formula is C9H17ClO3. The summed E-state index contributed by atoms with van der Waals surface area (Å²) in [5.41, 5.74) is 0. The van der Waals surface area contributed by atoms with E-state index in [2.05, 4.69) is 11.7 Å². The Morgan fingerprint density at radius 1 is 1.69 bits per heavy atom. The highest BCUT2D eigenvalue weighted by Gasteiger charge is 2.19. The minimum Gasteiger partial charge on any atom is -0.466 e. The SMILES string of the molecule is CCCCOC(C)=O.ClCC1CO1. The molecule has 1 unspecified atom stereocenters. The quantitative estimate of drug-likeness (QED) is 0.307. The minimum atomic E-state index is -0.182. The second kappa shape index (κ2) is 8.32. The van der Waals surface area contributed by atoms with Crippen LogP contribution < -0.4 is 0 Å². The van der Waals surface area contributed by atoms with E-state index in [1.807, 2.05) is 0 Å². The molecule has 0 radical (unpaired) electrons. The van der Waals surface area contributed by atoms with Crippen molar-refractivity contribution in [2.45, 2.75) is 32.8 Å². The number of alkyl halides is 1. The summed E-state index contributed by atoms with van der Waals surface area (Å²) in [5, 5.41) is 0. The van der Waals surface area contributed by atoms with Crippen LogP contribution >= 0.6 is 11.6 Å². The molecule has 1 heterocycles. The van der Waals surface area contributed by atoms with E-state index in [0.29, 0.717) is 18.6 Å².